The summed E-state index contributed by atoms with van der Waals surface area (Å²) in [5.41, 5.74) is 0. The van der Waals surface area contributed by atoms with Crippen LogP contribution in [0.4, 0.5) is 0 Å². The average Bonchev–Trinajstić information content (AvgIpc) is 3.08. The molecule has 2 aliphatic rings. The summed E-state index contributed by atoms with van der Waals surface area (Å²) in [6, 6.07) is -1.08. The Morgan fingerprint density at radius 2 is 1.83 bits per heavy atom. The summed E-state index contributed by atoms with van der Waals surface area (Å²) < 4.78 is 21.8. The van der Waals surface area contributed by atoms with Gasteiger partial charge in [0.2, 0.25) is 5.91 Å². The second-order valence-electron chi connectivity index (χ2n) is 8.66. The van der Waals surface area contributed by atoms with Crippen LogP contribution in [0.2, 0.25) is 0 Å². The SMILES string of the molecule is COC[C@H]1C[C@H](NC(=S)NCCCCO[C@@H]2O[C@H](CO)[C@H](O)[C@H](O)[C@H]2NC(C)=O)[C@@H](OC)C1O.[Y]. The number of methoxy groups -OCH3 is 2. The minimum atomic E-state index is -1.34. The van der Waals surface area contributed by atoms with Gasteiger partial charge < -0.3 is 55.3 Å². The molecular formula is C21H39N3O9SY. The predicted molar refractivity (Wildman–Crippen MR) is 125 cm³/mol. The fourth-order valence-corrected chi connectivity index (χ4v) is 4.65. The van der Waals surface area contributed by atoms with Gasteiger partial charge in [-0.3, -0.25) is 4.79 Å². The van der Waals surface area contributed by atoms with Gasteiger partial charge >= 0.3 is 0 Å². The third-order valence-corrected chi connectivity index (χ3v) is 6.39. The number of aliphatic hydroxyl groups is 4. The van der Waals surface area contributed by atoms with Gasteiger partial charge in [0.1, 0.15) is 30.5 Å². The molecule has 12 nitrogen and oxygen atoms in total. The van der Waals surface area contributed by atoms with Crippen molar-refractivity contribution >= 4 is 23.2 Å². The first-order chi connectivity index (χ1) is 16.2. The third kappa shape index (κ3) is 9.64. The molecule has 1 aliphatic carbocycles. The monoisotopic (exact) mass is 598 g/mol. The Bertz CT molecular complexity index is 653. The topological polar surface area (TPSA) is 171 Å². The number of amides is 1. The number of nitrogens with one attached hydrogen (secondary N) is 3. The number of rotatable bonds is 12. The summed E-state index contributed by atoms with van der Waals surface area (Å²) in [5.74, 6) is -0.430. The predicted octanol–water partition coefficient (Wildman–Crippen LogP) is -2.40. The summed E-state index contributed by atoms with van der Waals surface area (Å²) >= 11 is 5.36. The third-order valence-electron chi connectivity index (χ3n) is 6.13. The fourth-order valence-electron chi connectivity index (χ4n) is 4.39. The Kier molecular flexibility index (Phi) is 15.7. The summed E-state index contributed by atoms with van der Waals surface area (Å²) in [6.07, 6.45) is -3.69. The molecule has 2 rings (SSSR count). The van der Waals surface area contributed by atoms with E-state index in [4.69, 9.17) is 31.2 Å². The van der Waals surface area contributed by atoms with Crippen LogP contribution in [0.3, 0.4) is 0 Å². The molecule has 1 aliphatic heterocycles. The quantitative estimate of drug-likeness (QED) is 0.0941. The number of ether oxygens (including phenoxy) is 4. The van der Waals surface area contributed by atoms with Crippen LogP contribution in [-0.2, 0) is 56.5 Å². The van der Waals surface area contributed by atoms with Crippen molar-refractivity contribution < 1.29 is 76.9 Å². The van der Waals surface area contributed by atoms with E-state index >= 15 is 0 Å². The normalized spacial score (nSPS) is 34.7. The molecule has 0 aromatic rings. The Morgan fingerprint density at radius 3 is 2.43 bits per heavy atom. The molecule has 0 aromatic heterocycles. The molecule has 201 valence electrons. The van der Waals surface area contributed by atoms with Crippen LogP contribution in [0, 0.1) is 5.92 Å². The van der Waals surface area contributed by atoms with Crippen LogP contribution >= 0.6 is 12.2 Å². The zero-order valence-electron chi connectivity index (χ0n) is 20.5. The molecule has 1 heterocycles. The maximum atomic E-state index is 11.5. The molecule has 14 heteroatoms. The minimum absolute atomic E-state index is 0. The van der Waals surface area contributed by atoms with Gasteiger partial charge in [-0.2, -0.15) is 0 Å². The maximum Gasteiger partial charge on any atom is 0.217 e. The molecule has 2 fully saturated rings. The summed E-state index contributed by atoms with van der Waals surface area (Å²) in [5, 5.41) is 49.3. The van der Waals surface area contributed by atoms with Crippen LogP contribution in [0.1, 0.15) is 26.2 Å². The van der Waals surface area contributed by atoms with E-state index in [9.17, 15) is 25.2 Å². The molecule has 1 amide bonds. The Hall–Kier alpha value is -0.0561. The molecule has 1 radical (unpaired) electrons. The molecule has 1 saturated heterocycles. The van der Waals surface area contributed by atoms with E-state index in [1.54, 1.807) is 14.2 Å². The average molecular weight is 599 g/mol. The van der Waals surface area contributed by atoms with Crippen molar-refractivity contribution in [3.63, 3.8) is 0 Å². The first-order valence-corrected chi connectivity index (χ1v) is 11.9. The van der Waals surface area contributed by atoms with Crippen molar-refractivity contribution in [1.82, 2.24) is 16.0 Å². The van der Waals surface area contributed by atoms with E-state index in [2.05, 4.69) is 16.0 Å². The van der Waals surface area contributed by atoms with Crippen LogP contribution in [-0.4, -0.2) is 121 Å². The molecule has 0 bridgehead atoms. The molecule has 7 N–H and O–H groups in total. The number of aliphatic hydroxyl groups excluding tert-OH is 4. The molecule has 9 atom stereocenters. The fraction of sp³-hybridized carbons (Fsp3) is 0.905. The Balaban J connectivity index is 0.00000612. The number of carbonyl (C=O) groups excluding carboxylic acids is 1. The van der Waals surface area contributed by atoms with E-state index in [0.717, 1.165) is 0 Å². The second-order valence-corrected chi connectivity index (χ2v) is 9.07. The van der Waals surface area contributed by atoms with Crippen molar-refractivity contribution in [3.05, 3.63) is 0 Å². The number of hydrogen-bond acceptors (Lipinski definition) is 10. The van der Waals surface area contributed by atoms with Crippen molar-refractivity contribution in [3.8, 4) is 0 Å². The Labute approximate surface area is 236 Å². The van der Waals surface area contributed by atoms with Crippen molar-refractivity contribution in [2.24, 2.45) is 5.92 Å². The minimum Gasteiger partial charge on any atom is -0.394 e. The van der Waals surface area contributed by atoms with Gasteiger partial charge in [-0.15, -0.1) is 0 Å². The number of carbonyl (C=O) groups is 1. The van der Waals surface area contributed by atoms with Gasteiger partial charge in [0.15, 0.2) is 11.4 Å². The van der Waals surface area contributed by atoms with E-state index in [0.29, 0.717) is 37.5 Å². The van der Waals surface area contributed by atoms with E-state index in [1.807, 2.05) is 0 Å². The second kappa shape index (κ2) is 16.7. The Morgan fingerprint density at radius 1 is 1.11 bits per heavy atom. The zero-order valence-corrected chi connectivity index (χ0v) is 24.1. The van der Waals surface area contributed by atoms with Gasteiger partial charge in [-0.1, -0.05) is 0 Å². The van der Waals surface area contributed by atoms with Gasteiger partial charge in [0, 0.05) is 72.9 Å². The van der Waals surface area contributed by atoms with Gasteiger partial charge in [0.05, 0.1) is 25.4 Å². The number of hydrogen-bond donors (Lipinski definition) is 7. The molecule has 0 aromatic carbocycles. The number of unbranched alkanes of at least 4 members (excludes halogenated alkanes) is 1. The summed E-state index contributed by atoms with van der Waals surface area (Å²) in [4.78, 5) is 11.5. The van der Waals surface area contributed by atoms with Gasteiger partial charge in [-0.25, -0.2) is 0 Å². The first kappa shape index (κ1) is 33.0. The molecule has 35 heavy (non-hydrogen) atoms. The van der Waals surface area contributed by atoms with Gasteiger partial charge in [0.25, 0.3) is 0 Å². The van der Waals surface area contributed by atoms with Crippen LogP contribution in [0.5, 0.6) is 0 Å². The molecular weight excluding hydrogens is 559 g/mol. The number of thiocarbonyl (C=S) groups is 1. The smallest absolute Gasteiger partial charge is 0.217 e. The molecule has 1 unspecified atom stereocenters. The van der Waals surface area contributed by atoms with E-state index in [-0.39, 0.29) is 57.4 Å². The zero-order chi connectivity index (χ0) is 25.3. The standard InChI is InChI=1S/C21H39N3O9S.Y/c1-11(26)23-15-18(29)17(28)14(9-25)33-20(15)32-7-5-4-6-22-21(34)24-13-8-12(10-30-2)16(27)19(13)31-3;/h12-20,25,27-29H,4-10H2,1-3H3,(H,23,26)(H2,22,24,34);/t12-,13+,14-,15-,16?,17+,18-,19-,20-;/m1./s1. The first-order valence-electron chi connectivity index (χ1n) is 11.5. The van der Waals surface area contributed by atoms with E-state index in [1.165, 1.54) is 6.92 Å². The summed E-state index contributed by atoms with van der Waals surface area (Å²) in [7, 11) is 3.16. The molecule has 0 spiro atoms. The van der Waals surface area contributed by atoms with E-state index < -0.39 is 49.3 Å². The molecule has 1 saturated carbocycles. The van der Waals surface area contributed by atoms with Crippen molar-refractivity contribution in [1.29, 1.82) is 0 Å². The van der Waals surface area contributed by atoms with Crippen LogP contribution < -0.4 is 16.0 Å². The van der Waals surface area contributed by atoms with Gasteiger partial charge in [-0.05, 0) is 31.5 Å². The van der Waals surface area contributed by atoms with Crippen molar-refractivity contribution in [2.45, 2.75) is 75.1 Å². The van der Waals surface area contributed by atoms with Crippen molar-refractivity contribution in [2.75, 3.05) is 40.6 Å². The maximum absolute atomic E-state index is 11.5. The largest absolute Gasteiger partial charge is 0.394 e. The van der Waals surface area contributed by atoms with Crippen LogP contribution in [0.15, 0.2) is 0 Å². The summed E-state index contributed by atoms with van der Waals surface area (Å²) in [6.45, 7) is 2.08. The van der Waals surface area contributed by atoms with Crippen LogP contribution in [0.25, 0.3) is 0 Å².